The predicted molar refractivity (Wildman–Crippen MR) is 72.6 cm³/mol. The Morgan fingerprint density at radius 2 is 2.05 bits per heavy atom. The SMILES string of the molecule is CC1(C)C2CCC1(C)C(Oc1nccnc1C(=O)O)C2. The number of carboxylic acids is 1. The number of aromatic nitrogens is 2. The van der Waals surface area contributed by atoms with Crippen molar-refractivity contribution in [2.24, 2.45) is 16.7 Å². The van der Waals surface area contributed by atoms with Gasteiger partial charge in [-0.25, -0.2) is 14.8 Å². The van der Waals surface area contributed by atoms with Crippen LogP contribution in [0.3, 0.4) is 0 Å². The third-order valence-electron chi connectivity index (χ3n) is 5.84. The van der Waals surface area contributed by atoms with Gasteiger partial charge in [-0.05, 0) is 30.6 Å². The second kappa shape index (κ2) is 4.17. The summed E-state index contributed by atoms with van der Waals surface area (Å²) in [5.41, 5.74) is 0.200. The molecule has 2 bridgehead atoms. The van der Waals surface area contributed by atoms with Crippen LogP contribution in [0.25, 0.3) is 0 Å². The van der Waals surface area contributed by atoms with Gasteiger partial charge in [-0.2, -0.15) is 0 Å². The minimum atomic E-state index is -1.10. The zero-order valence-corrected chi connectivity index (χ0v) is 12.1. The molecule has 0 aromatic carbocycles. The van der Waals surface area contributed by atoms with Gasteiger partial charge < -0.3 is 9.84 Å². The van der Waals surface area contributed by atoms with E-state index in [1.165, 1.54) is 18.8 Å². The highest BCUT2D eigenvalue weighted by molar-refractivity contribution is 5.87. The third-order valence-corrected chi connectivity index (χ3v) is 5.84. The Hall–Kier alpha value is -1.65. The molecule has 0 amide bonds. The molecule has 20 heavy (non-hydrogen) atoms. The van der Waals surface area contributed by atoms with E-state index >= 15 is 0 Å². The van der Waals surface area contributed by atoms with Crippen molar-refractivity contribution >= 4 is 5.97 Å². The van der Waals surface area contributed by atoms with Crippen molar-refractivity contribution in [1.82, 2.24) is 9.97 Å². The molecule has 5 nitrogen and oxygen atoms in total. The standard InChI is InChI=1S/C15H20N2O3/c1-14(2)9-4-5-15(14,3)10(8-9)20-12-11(13(18)19)16-6-7-17-12/h6-7,9-10H,4-5,8H2,1-3H3,(H,18,19). The lowest BCUT2D eigenvalue weighted by atomic mass is 9.70. The van der Waals surface area contributed by atoms with E-state index in [4.69, 9.17) is 9.84 Å². The molecule has 1 aromatic heterocycles. The van der Waals surface area contributed by atoms with E-state index in [1.54, 1.807) is 0 Å². The van der Waals surface area contributed by atoms with Crippen LogP contribution in [0.4, 0.5) is 0 Å². The monoisotopic (exact) mass is 276 g/mol. The van der Waals surface area contributed by atoms with Gasteiger partial charge in [0.25, 0.3) is 0 Å². The van der Waals surface area contributed by atoms with Crippen LogP contribution in [0.5, 0.6) is 5.88 Å². The molecule has 1 N–H and O–H groups in total. The number of rotatable bonds is 3. The summed E-state index contributed by atoms with van der Waals surface area (Å²) in [6, 6.07) is 0. The van der Waals surface area contributed by atoms with Crippen LogP contribution >= 0.6 is 0 Å². The van der Waals surface area contributed by atoms with Gasteiger partial charge in [-0.15, -0.1) is 0 Å². The van der Waals surface area contributed by atoms with Gasteiger partial charge in [0, 0.05) is 17.8 Å². The molecule has 2 saturated carbocycles. The van der Waals surface area contributed by atoms with Crippen molar-refractivity contribution in [3.63, 3.8) is 0 Å². The van der Waals surface area contributed by atoms with E-state index in [0.29, 0.717) is 5.92 Å². The summed E-state index contributed by atoms with van der Waals surface area (Å²) in [7, 11) is 0. The maximum Gasteiger partial charge on any atom is 0.360 e. The molecule has 3 unspecified atom stereocenters. The molecule has 3 atom stereocenters. The zero-order valence-electron chi connectivity index (χ0n) is 12.1. The number of hydrogen-bond donors (Lipinski definition) is 1. The molecule has 0 spiro atoms. The van der Waals surface area contributed by atoms with Crippen molar-refractivity contribution in [1.29, 1.82) is 0 Å². The number of fused-ring (bicyclic) bond motifs is 2. The van der Waals surface area contributed by atoms with Crippen LogP contribution in [0.1, 0.15) is 50.5 Å². The maximum absolute atomic E-state index is 11.2. The summed E-state index contributed by atoms with van der Waals surface area (Å²) in [5.74, 6) is -0.308. The van der Waals surface area contributed by atoms with Crippen molar-refractivity contribution in [2.45, 2.75) is 46.1 Å². The van der Waals surface area contributed by atoms with E-state index in [2.05, 4.69) is 30.7 Å². The first-order chi connectivity index (χ1) is 9.36. The number of ether oxygens (including phenoxy) is 1. The lowest BCUT2D eigenvalue weighted by Crippen LogP contribution is -2.39. The van der Waals surface area contributed by atoms with E-state index in [-0.39, 0.29) is 28.5 Å². The molecule has 2 fully saturated rings. The molecule has 0 radical (unpaired) electrons. The second-order valence-electron chi connectivity index (χ2n) is 6.73. The molecule has 2 aliphatic carbocycles. The Kier molecular flexibility index (Phi) is 2.78. The molecule has 5 heteroatoms. The van der Waals surface area contributed by atoms with Crippen LogP contribution in [-0.4, -0.2) is 27.1 Å². The van der Waals surface area contributed by atoms with Crippen molar-refractivity contribution in [3.05, 3.63) is 18.1 Å². The average molecular weight is 276 g/mol. The Morgan fingerprint density at radius 3 is 2.60 bits per heavy atom. The third kappa shape index (κ3) is 1.65. The molecule has 2 aliphatic rings. The molecule has 1 heterocycles. The first-order valence-corrected chi connectivity index (χ1v) is 7.07. The van der Waals surface area contributed by atoms with Crippen LogP contribution < -0.4 is 4.74 Å². The van der Waals surface area contributed by atoms with E-state index in [0.717, 1.165) is 12.8 Å². The Balaban J connectivity index is 1.89. The van der Waals surface area contributed by atoms with Crippen molar-refractivity contribution in [2.75, 3.05) is 0 Å². The van der Waals surface area contributed by atoms with Crippen molar-refractivity contribution in [3.8, 4) is 5.88 Å². The van der Waals surface area contributed by atoms with E-state index < -0.39 is 5.97 Å². The highest BCUT2D eigenvalue weighted by atomic mass is 16.5. The number of carbonyl (C=O) groups is 1. The van der Waals surface area contributed by atoms with Crippen LogP contribution in [0.2, 0.25) is 0 Å². The Bertz CT molecular complexity index is 558. The molecular weight excluding hydrogens is 256 g/mol. The van der Waals surface area contributed by atoms with Crippen molar-refractivity contribution < 1.29 is 14.6 Å². The first-order valence-electron chi connectivity index (χ1n) is 7.07. The number of hydrogen-bond acceptors (Lipinski definition) is 4. The molecule has 0 saturated heterocycles. The highest BCUT2D eigenvalue weighted by Gasteiger charge is 2.62. The van der Waals surface area contributed by atoms with Gasteiger partial charge in [0.2, 0.25) is 11.6 Å². The largest absolute Gasteiger partial charge is 0.476 e. The van der Waals surface area contributed by atoms with Crippen LogP contribution in [0.15, 0.2) is 12.4 Å². The highest BCUT2D eigenvalue weighted by Crippen LogP contribution is 2.66. The molecule has 108 valence electrons. The fraction of sp³-hybridized carbons (Fsp3) is 0.667. The fourth-order valence-electron chi connectivity index (χ4n) is 4.00. The molecule has 0 aliphatic heterocycles. The average Bonchev–Trinajstić information content (AvgIpc) is 2.72. The van der Waals surface area contributed by atoms with Gasteiger partial charge in [-0.3, -0.25) is 0 Å². The summed E-state index contributed by atoms with van der Waals surface area (Å²) in [5, 5.41) is 9.16. The van der Waals surface area contributed by atoms with Gasteiger partial charge in [0.05, 0.1) is 0 Å². The van der Waals surface area contributed by atoms with E-state index in [1.807, 2.05) is 0 Å². The molecule has 1 aromatic rings. The normalized spacial score (nSPS) is 34.1. The van der Waals surface area contributed by atoms with Gasteiger partial charge in [0.15, 0.2) is 0 Å². The van der Waals surface area contributed by atoms with Gasteiger partial charge >= 0.3 is 5.97 Å². The second-order valence-corrected chi connectivity index (χ2v) is 6.73. The smallest absolute Gasteiger partial charge is 0.360 e. The van der Waals surface area contributed by atoms with Gasteiger partial charge in [0.1, 0.15) is 6.10 Å². The quantitative estimate of drug-likeness (QED) is 0.919. The lowest BCUT2D eigenvalue weighted by Gasteiger charge is -2.38. The molecule has 3 rings (SSSR count). The summed E-state index contributed by atoms with van der Waals surface area (Å²) >= 11 is 0. The zero-order chi connectivity index (χ0) is 14.5. The minimum Gasteiger partial charge on any atom is -0.476 e. The maximum atomic E-state index is 11.2. The predicted octanol–water partition coefficient (Wildman–Crippen LogP) is 2.77. The minimum absolute atomic E-state index is 0.0195. The summed E-state index contributed by atoms with van der Waals surface area (Å²) in [4.78, 5) is 19.1. The summed E-state index contributed by atoms with van der Waals surface area (Å²) < 4.78 is 5.99. The van der Waals surface area contributed by atoms with Gasteiger partial charge in [-0.1, -0.05) is 20.8 Å². The van der Waals surface area contributed by atoms with Crippen LogP contribution in [-0.2, 0) is 0 Å². The summed E-state index contributed by atoms with van der Waals surface area (Å²) in [6.45, 7) is 6.84. The number of aromatic carboxylic acids is 1. The topological polar surface area (TPSA) is 72.3 Å². The Morgan fingerprint density at radius 1 is 1.35 bits per heavy atom. The van der Waals surface area contributed by atoms with Crippen LogP contribution in [0, 0.1) is 16.7 Å². The lowest BCUT2D eigenvalue weighted by molar-refractivity contribution is 0.0255. The Labute approximate surface area is 118 Å². The fourth-order valence-corrected chi connectivity index (χ4v) is 4.00. The number of carboxylic acid groups (broad SMARTS) is 1. The van der Waals surface area contributed by atoms with E-state index in [9.17, 15) is 4.79 Å². The molecular formula is C15H20N2O3. The first kappa shape index (κ1) is 13.3. The summed E-state index contributed by atoms with van der Waals surface area (Å²) in [6.07, 6.45) is 6.20. The number of nitrogens with zero attached hydrogens (tertiary/aromatic N) is 2.